The first-order valence-corrected chi connectivity index (χ1v) is 6.57. The van der Waals surface area contributed by atoms with Gasteiger partial charge in [-0.1, -0.05) is 6.92 Å². The van der Waals surface area contributed by atoms with Crippen LogP contribution in [0.4, 0.5) is 0 Å². The fourth-order valence-corrected chi connectivity index (χ4v) is 3.35. The van der Waals surface area contributed by atoms with E-state index in [1.807, 2.05) is 5.51 Å². The Kier molecular flexibility index (Phi) is 3.24. The van der Waals surface area contributed by atoms with Crippen LogP contribution >= 0.6 is 23.1 Å². The molecule has 1 saturated heterocycles. The van der Waals surface area contributed by atoms with Crippen LogP contribution in [0.2, 0.25) is 0 Å². The Balaban J connectivity index is 1.79. The van der Waals surface area contributed by atoms with Gasteiger partial charge >= 0.3 is 0 Å². The van der Waals surface area contributed by atoms with E-state index >= 15 is 0 Å². The van der Waals surface area contributed by atoms with E-state index in [0.29, 0.717) is 6.04 Å². The van der Waals surface area contributed by atoms with E-state index in [-0.39, 0.29) is 0 Å². The third kappa shape index (κ3) is 2.45. The Labute approximate surface area is 87.1 Å². The molecule has 2 rings (SSSR count). The predicted octanol–water partition coefficient (Wildman–Crippen LogP) is 2.13. The van der Waals surface area contributed by atoms with Crippen molar-refractivity contribution in [1.29, 1.82) is 0 Å². The summed E-state index contributed by atoms with van der Waals surface area (Å²) in [6.07, 6.45) is 1.30. The molecule has 2 nitrogen and oxygen atoms in total. The lowest BCUT2D eigenvalue weighted by molar-refractivity contribution is 0.509. The zero-order chi connectivity index (χ0) is 9.10. The van der Waals surface area contributed by atoms with Gasteiger partial charge in [0.1, 0.15) is 0 Å². The molecule has 4 heteroatoms. The van der Waals surface area contributed by atoms with Gasteiger partial charge in [0.2, 0.25) is 0 Å². The van der Waals surface area contributed by atoms with Crippen molar-refractivity contribution in [3.05, 3.63) is 16.6 Å². The third-order valence-electron chi connectivity index (χ3n) is 2.41. The van der Waals surface area contributed by atoms with Gasteiger partial charge in [0, 0.05) is 23.2 Å². The number of hydrogen-bond acceptors (Lipinski definition) is 4. The standard InChI is InChI=1S/C9H14N2S2/c1-7-9(2-3-13-7)10-4-8-5-12-6-11-8/h5-7,9-10H,2-4H2,1H3. The summed E-state index contributed by atoms with van der Waals surface area (Å²) in [4.78, 5) is 4.25. The number of thioether (sulfide) groups is 1. The van der Waals surface area contributed by atoms with Crippen molar-refractivity contribution < 1.29 is 0 Å². The largest absolute Gasteiger partial charge is 0.307 e. The van der Waals surface area contributed by atoms with E-state index in [2.05, 4.69) is 34.4 Å². The van der Waals surface area contributed by atoms with E-state index in [1.54, 1.807) is 11.3 Å². The molecule has 1 N–H and O–H groups in total. The molecule has 1 aromatic rings. The maximum Gasteiger partial charge on any atom is 0.0795 e. The van der Waals surface area contributed by atoms with Crippen LogP contribution in [0.15, 0.2) is 10.9 Å². The molecule has 0 spiro atoms. The smallest absolute Gasteiger partial charge is 0.0795 e. The van der Waals surface area contributed by atoms with Gasteiger partial charge in [0.15, 0.2) is 0 Å². The molecule has 1 aromatic heterocycles. The monoisotopic (exact) mass is 214 g/mol. The van der Waals surface area contributed by atoms with Gasteiger partial charge in [-0.15, -0.1) is 11.3 Å². The second-order valence-corrected chi connectivity index (χ2v) is 5.54. The second kappa shape index (κ2) is 4.44. The number of rotatable bonds is 3. The van der Waals surface area contributed by atoms with Crippen LogP contribution in [0, 0.1) is 0 Å². The lowest BCUT2D eigenvalue weighted by Gasteiger charge is -2.15. The fraction of sp³-hybridized carbons (Fsp3) is 0.667. The lowest BCUT2D eigenvalue weighted by Crippen LogP contribution is -2.32. The van der Waals surface area contributed by atoms with Gasteiger partial charge in [0.25, 0.3) is 0 Å². The summed E-state index contributed by atoms with van der Waals surface area (Å²) in [6, 6.07) is 0.687. The number of aromatic nitrogens is 1. The van der Waals surface area contributed by atoms with Crippen LogP contribution < -0.4 is 5.32 Å². The van der Waals surface area contributed by atoms with Crippen LogP contribution in [-0.2, 0) is 6.54 Å². The molecule has 0 saturated carbocycles. The lowest BCUT2D eigenvalue weighted by atomic mass is 10.2. The molecular weight excluding hydrogens is 200 g/mol. The molecule has 13 heavy (non-hydrogen) atoms. The fourth-order valence-electron chi connectivity index (χ4n) is 1.56. The Hall–Kier alpha value is -0.0600. The highest BCUT2D eigenvalue weighted by Gasteiger charge is 2.22. The highest BCUT2D eigenvalue weighted by molar-refractivity contribution is 8.00. The zero-order valence-corrected chi connectivity index (χ0v) is 9.33. The molecule has 0 amide bonds. The zero-order valence-electron chi connectivity index (χ0n) is 7.69. The number of nitrogens with zero attached hydrogens (tertiary/aromatic N) is 1. The van der Waals surface area contributed by atoms with Crippen LogP contribution in [0.3, 0.4) is 0 Å². The van der Waals surface area contributed by atoms with Crippen molar-refractivity contribution in [3.8, 4) is 0 Å². The van der Waals surface area contributed by atoms with Crippen LogP contribution in [0.25, 0.3) is 0 Å². The summed E-state index contributed by atoms with van der Waals surface area (Å²) >= 11 is 3.73. The van der Waals surface area contributed by atoms with Gasteiger partial charge in [-0.25, -0.2) is 4.98 Å². The number of nitrogens with one attached hydrogen (secondary N) is 1. The van der Waals surface area contributed by atoms with E-state index in [0.717, 1.165) is 11.8 Å². The first-order chi connectivity index (χ1) is 6.36. The van der Waals surface area contributed by atoms with Gasteiger partial charge in [-0.2, -0.15) is 11.8 Å². The van der Waals surface area contributed by atoms with Crippen LogP contribution in [0.5, 0.6) is 0 Å². The summed E-state index contributed by atoms with van der Waals surface area (Å²) in [6.45, 7) is 3.23. The Morgan fingerprint density at radius 1 is 1.69 bits per heavy atom. The average Bonchev–Trinajstić information content (AvgIpc) is 2.72. The minimum atomic E-state index is 0.687. The molecule has 0 radical (unpaired) electrons. The van der Waals surface area contributed by atoms with E-state index in [1.165, 1.54) is 17.9 Å². The maximum atomic E-state index is 4.25. The molecule has 2 heterocycles. The highest BCUT2D eigenvalue weighted by atomic mass is 32.2. The Bertz CT molecular complexity index is 248. The molecule has 0 aliphatic carbocycles. The second-order valence-electron chi connectivity index (χ2n) is 3.33. The summed E-state index contributed by atoms with van der Waals surface area (Å²) in [5.41, 5.74) is 3.07. The Morgan fingerprint density at radius 2 is 2.62 bits per heavy atom. The first kappa shape index (κ1) is 9.49. The van der Waals surface area contributed by atoms with E-state index in [9.17, 15) is 0 Å². The summed E-state index contributed by atoms with van der Waals surface area (Å²) in [7, 11) is 0. The minimum absolute atomic E-state index is 0.687. The van der Waals surface area contributed by atoms with Crippen molar-refractivity contribution in [1.82, 2.24) is 10.3 Å². The molecule has 2 unspecified atom stereocenters. The molecule has 1 fully saturated rings. The van der Waals surface area contributed by atoms with Crippen molar-refractivity contribution in [2.24, 2.45) is 0 Å². The van der Waals surface area contributed by atoms with Crippen LogP contribution in [0.1, 0.15) is 19.0 Å². The normalized spacial score (nSPS) is 28.1. The van der Waals surface area contributed by atoms with E-state index in [4.69, 9.17) is 0 Å². The van der Waals surface area contributed by atoms with Crippen LogP contribution in [-0.4, -0.2) is 22.0 Å². The highest BCUT2D eigenvalue weighted by Crippen LogP contribution is 2.26. The maximum absolute atomic E-state index is 4.25. The van der Waals surface area contributed by atoms with Crippen molar-refractivity contribution in [2.75, 3.05) is 5.75 Å². The quantitative estimate of drug-likeness (QED) is 0.834. The van der Waals surface area contributed by atoms with E-state index < -0.39 is 0 Å². The topological polar surface area (TPSA) is 24.9 Å². The van der Waals surface area contributed by atoms with Gasteiger partial charge in [-0.05, 0) is 12.2 Å². The first-order valence-electron chi connectivity index (χ1n) is 4.58. The number of hydrogen-bond donors (Lipinski definition) is 1. The molecule has 2 atom stereocenters. The summed E-state index contributed by atoms with van der Waals surface area (Å²) in [5, 5.41) is 6.43. The van der Waals surface area contributed by atoms with Gasteiger partial charge < -0.3 is 5.32 Å². The van der Waals surface area contributed by atoms with Crippen molar-refractivity contribution >= 4 is 23.1 Å². The molecular formula is C9H14N2S2. The molecule has 0 bridgehead atoms. The Morgan fingerprint density at radius 3 is 3.23 bits per heavy atom. The molecule has 72 valence electrons. The van der Waals surface area contributed by atoms with Gasteiger partial charge in [-0.3, -0.25) is 0 Å². The van der Waals surface area contributed by atoms with Crippen molar-refractivity contribution in [3.63, 3.8) is 0 Å². The SMILES string of the molecule is CC1SCCC1NCc1cscn1. The third-order valence-corrected chi connectivity index (χ3v) is 4.37. The summed E-state index contributed by atoms with van der Waals surface area (Å²) in [5.74, 6) is 1.30. The predicted molar refractivity (Wildman–Crippen MR) is 59.3 cm³/mol. The average molecular weight is 214 g/mol. The van der Waals surface area contributed by atoms with Gasteiger partial charge in [0.05, 0.1) is 11.2 Å². The van der Waals surface area contributed by atoms with Crippen molar-refractivity contribution in [2.45, 2.75) is 31.2 Å². The minimum Gasteiger partial charge on any atom is -0.307 e. The molecule has 0 aromatic carbocycles. The molecule has 1 aliphatic heterocycles. The number of thiazole rings is 1. The summed E-state index contributed by atoms with van der Waals surface area (Å²) < 4.78 is 0. The molecule has 1 aliphatic rings.